The third-order valence-corrected chi connectivity index (χ3v) is 5.04. The molecule has 0 N–H and O–H groups in total. The lowest BCUT2D eigenvalue weighted by molar-refractivity contribution is 0.0967. The number of likely N-dealkylation sites (tertiary alicyclic amines) is 1. The van der Waals surface area contributed by atoms with E-state index in [-0.39, 0.29) is 5.78 Å². The highest BCUT2D eigenvalue weighted by atomic mass is 35.5. The Bertz CT molecular complexity index is 519. The van der Waals surface area contributed by atoms with E-state index >= 15 is 0 Å². The minimum absolute atomic E-state index is 0.0588. The number of carbonyl (C=O) groups is 1. The Labute approximate surface area is 136 Å². The summed E-state index contributed by atoms with van der Waals surface area (Å²) < 4.78 is 0. The molecule has 2 unspecified atom stereocenters. The third kappa shape index (κ3) is 3.98. The molecule has 21 heavy (non-hydrogen) atoms. The molecular weight excluding hydrogens is 307 g/mol. The topological polar surface area (TPSA) is 23.6 Å². The molecule has 1 saturated heterocycles. The molecular formula is C16H22Cl2N2O. The summed E-state index contributed by atoms with van der Waals surface area (Å²) in [6, 6.07) is 5.77. The number of ketones is 1. The van der Waals surface area contributed by atoms with Crippen LogP contribution in [0.4, 0.5) is 0 Å². The number of rotatable bonds is 5. The number of hydrogen-bond acceptors (Lipinski definition) is 3. The van der Waals surface area contributed by atoms with Gasteiger partial charge in [0.15, 0.2) is 5.78 Å². The molecule has 1 fully saturated rings. The average Bonchev–Trinajstić information content (AvgIpc) is 2.80. The third-order valence-electron chi connectivity index (χ3n) is 4.22. The Kier molecular flexibility index (Phi) is 5.67. The van der Waals surface area contributed by atoms with Crippen LogP contribution in [-0.2, 0) is 0 Å². The maximum atomic E-state index is 12.3. The average molecular weight is 329 g/mol. The Hall–Kier alpha value is -0.610. The molecule has 116 valence electrons. The van der Waals surface area contributed by atoms with Crippen LogP contribution in [0.2, 0.25) is 10.0 Å². The van der Waals surface area contributed by atoms with Crippen molar-refractivity contribution < 1.29 is 4.79 Å². The van der Waals surface area contributed by atoms with Crippen LogP contribution in [0.5, 0.6) is 0 Å². The highest BCUT2D eigenvalue weighted by Crippen LogP contribution is 2.27. The van der Waals surface area contributed by atoms with Gasteiger partial charge in [-0.05, 0) is 32.1 Å². The quantitative estimate of drug-likeness (QED) is 0.773. The zero-order chi connectivity index (χ0) is 15.6. The number of nitrogens with zero attached hydrogens (tertiary/aromatic N) is 2. The van der Waals surface area contributed by atoms with Crippen molar-refractivity contribution in [1.29, 1.82) is 0 Å². The number of halogens is 2. The first-order valence-electron chi connectivity index (χ1n) is 7.26. The maximum Gasteiger partial charge on any atom is 0.165 e. The van der Waals surface area contributed by atoms with Crippen LogP contribution < -0.4 is 0 Å². The fourth-order valence-electron chi connectivity index (χ4n) is 3.02. The van der Waals surface area contributed by atoms with Crippen LogP contribution in [0, 0.1) is 5.92 Å². The van der Waals surface area contributed by atoms with Gasteiger partial charge >= 0.3 is 0 Å². The van der Waals surface area contributed by atoms with E-state index in [0.717, 1.165) is 19.6 Å². The zero-order valence-electron chi connectivity index (χ0n) is 12.8. The molecule has 1 aliphatic heterocycles. The molecule has 0 saturated carbocycles. The van der Waals surface area contributed by atoms with E-state index in [4.69, 9.17) is 23.2 Å². The van der Waals surface area contributed by atoms with E-state index in [0.29, 0.717) is 34.0 Å². The summed E-state index contributed by atoms with van der Waals surface area (Å²) in [6.07, 6.45) is 0.479. The van der Waals surface area contributed by atoms with Crippen molar-refractivity contribution in [3.8, 4) is 0 Å². The predicted octanol–water partition coefficient (Wildman–Crippen LogP) is 3.45. The van der Waals surface area contributed by atoms with Crippen molar-refractivity contribution in [2.24, 2.45) is 5.92 Å². The van der Waals surface area contributed by atoms with Crippen molar-refractivity contribution >= 4 is 29.0 Å². The van der Waals surface area contributed by atoms with E-state index in [2.05, 4.69) is 30.8 Å². The van der Waals surface area contributed by atoms with E-state index in [1.54, 1.807) is 18.2 Å². The molecule has 0 amide bonds. The summed E-state index contributed by atoms with van der Waals surface area (Å²) in [5.41, 5.74) is 0.528. The van der Waals surface area contributed by atoms with E-state index in [9.17, 15) is 4.79 Å². The second-order valence-corrected chi connectivity index (χ2v) is 6.83. The zero-order valence-corrected chi connectivity index (χ0v) is 14.3. The van der Waals surface area contributed by atoms with Crippen molar-refractivity contribution in [1.82, 2.24) is 9.80 Å². The largest absolute Gasteiger partial charge is 0.305 e. The second kappa shape index (κ2) is 7.10. The van der Waals surface area contributed by atoms with Gasteiger partial charge in [-0.1, -0.05) is 36.2 Å². The van der Waals surface area contributed by atoms with Crippen molar-refractivity contribution in [3.05, 3.63) is 33.8 Å². The van der Waals surface area contributed by atoms with Crippen LogP contribution in [0.1, 0.15) is 23.7 Å². The van der Waals surface area contributed by atoms with Crippen molar-refractivity contribution in [2.75, 3.05) is 33.7 Å². The van der Waals surface area contributed by atoms with Crippen molar-refractivity contribution in [2.45, 2.75) is 19.4 Å². The van der Waals surface area contributed by atoms with Crippen LogP contribution in [0.15, 0.2) is 18.2 Å². The number of hydrogen-bond donors (Lipinski definition) is 0. The molecule has 5 heteroatoms. The highest BCUT2D eigenvalue weighted by Gasteiger charge is 2.30. The summed E-state index contributed by atoms with van der Waals surface area (Å²) in [6.45, 7) is 5.10. The molecule has 1 heterocycles. The van der Waals surface area contributed by atoms with Gasteiger partial charge in [0.05, 0.1) is 10.0 Å². The SMILES string of the molecule is CC1CN(CCC(=O)c2cccc(Cl)c2Cl)CC1N(C)C. The first-order chi connectivity index (χ1) is 9.90. The molecule has 1 aromatic rings. The second-order valence-electron chi connectivity index (χ2n) is 6.04. The Balaban J connectivity index is 1.92. The van der Waals surface area contributed by atoms with Crippen LogP contribution in [-0.4, -0.2) is 55.4 Å². The lowest BCUT2D eigenvalue weighted by Crippen LogP contribution is -2.34. The van der Waals surface area contributed by atoms with Crippen molar-refractivity contribution in [3.63, 3.8) is 0 Å². The Morgan fingerprint density at radius 2 is 2.05 bits per heavy atom. The monoisotopic (exact) mass is 328 g/mol. The number of benzene rings is 1. The van der Waals surface area contributed by atoms with Gasteiger partial charge in [-0.3, -0.25) is 4.79 Å². The molecule has 0 aromatic heterocycles. The van der Waals surface area contributed by atoms with Gasteiger partial charge < -0.3 is 9.80 Å². The lowest BCUT2D eigenvalue weighted by Gasteiger charge is -2.22. The normalized spacial score (nSPS) is 23.0. The first-order valence-corrected chi connectivity index (χ1v) is 8.01. The summed E-state index contributed by atoms with van der Waals surface area (Å²) in [4.78, 5) is 16.9. The standard InChI is InChI=1S/C16H22Cl2N2O/c1-11-9-20(10-14(11)19(2)3)8-7-15(21)12-5-4-6-13(17)16(12)18/h4-6,11,14H,7-10H2,1-3H3. The molecule has 3 nitrogen and oxygen atoms in total. The number of carbonyl (C=O) groups excluding carboxylic acids is 1. The van der Waals surface area contributed by atoms with Gasteiger partial charge in [-0.2, -0.15) is 0 Å². The van der Waals surface area contributed by atoms with Gasteiger partial charge in [0, 0.05) is 37.7 Å². The maximum absolute atomic E-state index is 12.3. The molecule has 2 rings (SSSR count). The predicted molar refractivity (Wildman–Crippen MR) is 88.5 cm³/mol. The van der Waals surface area contributed by atoms with E-state index < -0.39 is 0 Å². The summed E-state index contributed by atoms with van der Waals surface area (Å²) in [5, 5.41) is 0.801. The molecule has 2 atom stereocenters. The Morgan fingerprint density at radius 3 is 2.67 bits per heavy atom. The van der Waals surface area contributed by atoms with Crippen LogP contribution in [0.3, 0.4) is 0 Å². The summed E-state index contributed by atoms with van der Waals surface area (Å²) in [5.74, 6) is 0.688. The van der Waals surface area contributed by atoms with Gasteiger partial charge in [0.1, 0.15) is 0 Å². The van der Waals surface area contributed by atoms with E-state index in [1.165, 1.54) is 0 Å². The summed E-state index contributed by atoms with van der Waals surface area (Å²) >= 11 is 12.1. The smallest absolute Gasteiger partial charge is 0.165 e. The molecule has 1 aliphatic rings. The molecule has 0 radical (unpaired) electrons. The van der Waals surface area contributed by atoms with Gasteiger partial charge in [0.2, 0.25) is 0 Å². The molecule has 0 bridgehead atoms. The fourth-order valence-corrected chi connectivity index (χ4v) is 3.42. The van der Waals surface area contributed by atoms with Crippen LogP contribution in [0.25, 0.3) is 0 Å². The minimum Gasteiger partial charge on any atom is -0.305 e. The van der Waals surface area contributed by atoms with E-state index in [1.807, 2.05) is 0 Å². The Morgan fingerprint density at radius 1 is 1.33 bits per heavy atom. The molecule has 1 aromatic carbocycles. The van der Waals surface area contributed by atoms with Gasteiger partial charge in [-0.15, -0.1) is 0 Å². The number of Topliss-reactive ketones (excluding diaryl/α,β-unsaturated/α-hetero) is 1. The lowest BCUT2D eigenvalue weighted by atomic mass is 10.1. The fraction of sp³-hybridized carbons (Fsp3) is 0.562. The first kappa shape index (κ1) is 16.8. The molecule has 0 aliphatic carbocycles. The van der Waals surface area contributed by atoms with Gasteiger partial charge in [-0.25, -0.2) is 0 Å². The molecule has 0 spiro atoms. The van der Waals surface area contributed by atoms with Gasteiger partial charge in [0.25, 0.3) is 0 Å². The highest BCUT2D eigenvalue weighted by molar-refractivity contribution is 6.43. The van der Waals surface area contributed by atoms with Crippen LogP contribution >= 0.6 is 23.2 Å². The minimum atomic E-state index is 0.0588. The number of likely N-dealkylation sites (N-methyl/N-ethyl adjacent to an activating group) is 1. The summed E-state index contributed by atoms with van der Waals surface area (Å²) in [7, 11) is 4.23.